The van der Waals surface area contributed by atoms with Crippen LogP contribution in [0, 0.1) is 46.3 Å². The quantitative estimate of drug-likeness (QED) is 0.784. The molecule has 9 atom stereocenters. The van der Waals surface area contributed by atoms with Gasteiger partial charge >= 0.3 is 5.97 Å². The van der Waals surface area contributed by atoms with E-state index in [-0.39, 0.29) is 28.6 Å². The molecule has 4 fully saturated rings. The highest BCUT2D eigenvalue weighted by Crippen LogP contribution is 2.67. The van der Waals surface area contributed by atoms with Crippen LogP contribution in [-0.4, -0.2) is 30.1 Å². The van der Waals surface area contributed by atoms with Crippen LogP contribution in [0.25, 0.3) is 0 Å². The first-order valence-corrected chi connectivity index (χ1v) is 11.0. The number of carbonyl (C=O) groups excluding carboxylic acids is 1. The summed E-state index contributed by atoms with van der Waals surface area (Å²) in [5.74, 6) is 1.19. The highest BCUT2D eigenvalue weighted by molar-refractivity contribution is 5.83. The van der Waals surface area contributed by atoms with Gasteiger partial charge in [-0.2, -0.15) is 0 Å². The third kappa shape index (κ3) is 2.73. The van der Waals surface area contributed by atoms with E-state index >= 15 is 0 Å². The third-order valence-electron chi connectivity index (χ3n) is 9.82. The Bertz CT molecular complexity index is 630. The third-order valence-corrected chi connectivity index (χ3v) is 9.82. The minimum atomic E-state index is -0.677. The van der Waals surface area contributed by atoms with Crippen molar-refractivity contribution in [3.8, 4) is 0 Å². The summed E-state index contributed by atoms with van der Waals surface area (Å²) in [7, 11) is 1.80. The Balaban J connectivity index is 1.62. The molecule has 0 amide bonds. The molecule has 4 nitrogen and oxygen atoms in total. The maximum atomic E-state index is 13.4. The van der Waals surface area contributed by atoms with E-state index in [1.54, 1.807) is 7.11 Å². The Kier molecular flexibility index (Phi) is 4.73. The zero-order valence-electron chi connectivity index (χ0n) is 17.4. The van der Waals surface area contributed by atoms with E-state index in [0.717, 1.165) is 38.5 Å². The van der Waals surface area contributed by atoms with E-state index in [1.807, 2.05) is 6.92 Å². The SMILES string of the molecule is CO[C@@H]1CC[C@@]2(C)[C@H](CC(=O)[C@@H]3[C@@H]2CC[C@]2(C)[C@@H]([C@H](C)C(=O)O)CC[C@@H]32)C1. The number of ketones is 1. The smallest absolute Gasteiger partial charge is 0.306 e. The largest absolute Gasteiger partial charge is 0.481 e. The molecule has 0 spiro atoms. The molecule has 0 aliphatic heterocycles. The summed E-state index contributed by atoms with van der Waals surface area (Å²) in [5.41, 5.74) is 0.271. The number of carboxylic acid groups (broad SMARTS) is 1. The zero-order valence-corrected chi connectivity index (χ0v) is 17.4. The monoisotopic (exact) mass is 376 g/mol. The summed E-state index contributed by atoms with van der Waals surface area (Å²) in [6, 6.07) is 0. The van der Waals surface area contributed by atoms with Crippen LogP contribution in [-0.2, 0) is 14.3 Å². The number of ether oxygens (including phenoxy) is 1. The van der Waals surface area contributed by atoms with Gasteiger partial charge in [-0.3, -0.25) is 9.59 Å². The van der Waals surface area contributed by atoms with Crippen LogP contribution in [0.5, 0.6) is 0 Å². The number of hydrogen-bond acceptors (Lipinski definition) is 3. The lowest BCUT2D eigenvalue weighted by Gasteiger charge is -2.60. The van der Waals surface area contributed by atoms with Crippen molar-refractivity contribution >= 4 is 11.8 Å². The first-order chi connectivity index (χ1) is 12.7. The van der Waals surface area contributed by atoms with Crippen molar-refractivity contribution in [2.24, 2.45) is 46.3 Å². The Labute approximate surface area is 163 Å². The van der Waals surface area contributed by atoms with Crippen LogP contribution >= 0.6 is 0 Å². The Hall–Kier alpha value is -0.900. The van der Waals surface area contributed by atoms with Gasteiger partial charge in [0, 0.05) is 19.4 Å². The molecule has 0 aromatic rings. The highest BCUT2D eigenvalue weighted by Gasteiger charge is 2.63. The topological polar surface area (TPSA) is 63.6 Å². The van der Waals surface area contributed by atoms with E-state index < -0.39 is 5.97 Å². The van der Waals surface area contributed by atoms with Gasteiger partial charge in [-0.05, 0) is 79.4 Å². The normalized spacial score (nSPS) is 50.4. The summed E-state index contributed by atoms with van der Waals surface area (Å²) >= 11 is 0. The molecule has 4 aliphatic carbocycles. The summed E-state index contributed by atoms with van der Waals surface area (Å²) in [4.78, 5) is 25.0. The van der Waals surface area contributed by atoms with Crippen LogP contribution in [0.1, 0.15) is 72.1 Å². The highest BCUT2D eigenvalue weighted by atomic mass is 16.5. The van der Waals surface area contributed by atoms with Gasteiger partial charge in [-0.1, -0.05) is 20.8 Å². The molecule has 0 heterocycles. The summed E-state index contributed by atoms with van der Waals surface area (Å²) in [6.07, 6.45) is 8.52. The molecular formula is C23H36O4. The zero-order chi connectivity index (χ0) is 19.6. The standard InChI is InChI=1S/C23H36O4/c1-13(21(25)26)16-5-6-17-20-18(8-10-23(16,17)3)22(2)9-7-15(27-4)11-14(22)12-19(20)24/h13-18,20H,5-12H2,1-4H3,(H,25,26)/t13-,14-,15+,16+,17-,18-,20-,22-,23+/m0/s1. The van der Waals surface area contributed by atoms with Crippen LogP contribution < -0.4 is 0 Å². The second kappa shape index (κ2) is 6.57. The van der Waals surface area contributed by atoms with Crippen LogP contribution in [0.15, 0.2) is 0 Å². The number of aliphatic carboxylic acids is 1. The fraction of sp³-hybridized carbons (Fsp3) is 0.913. The second-order valence-corrected chi connectivity index (χ2v) is 10.6. The van der Waals surface area contributed by atoms with Crippen LogP contribution in [0.2, 0.25) is 0 Å². The van der Waals surface area contributed by atoms with E-state index in [4.69, 9.17) is 4.74 Å². The van der Waals surface area contributed by atoms with Gasteiger partial charge in [0.05, 0.1) is 12.0 Å². The molecule has 0 saturated heterocycles. The average Bonchev–Trinajstić information content (AvgIpc) is 2.98. The molecule has 152 valence electrons. The first kappa shape index (κ1) is 19.4. The Morgan fingerprint density at radius 2 is 1.78 bits per heavy atom. The molecule has 4 aliphatic rings. The predicted molar refractivity (Wildman–Crippen MR) is 103 cm³/mol. The molecule has 27 heavy (non-hydrogen) atoms. The van der Waals surface area contributed by atoms with Crippen molar-refractivity contribution in [3.05, 3.63) is 0 Å². The Morgan fingerprint density at radius 1 is 1.11 bits per heavy atom. The molecule has 0 radical (unpaired) electrons. The van der Waals surface area contributed by atoms with E-state index in [2.05, 4.69) is 13.8 Å². The Morgan fingerprint density at radius 3 is 2.44 bits per heavy atom. The number of Topliss-reactive ketones (excluding diaryl/α,β-unsaturated/α-hetero) is 1. The second-order valence-electron chi connectivity index (χ2n) is 10.6. The molecule has 4 heteroatoms. The van der Waals surface area contributed by atoms with Gasteiger partial charge in [0.25, 0.3) is 0 Å². The molecule has 1 N–H and O–H groups in total. The summed E-state index contributed by atoms with van der Waals surface area (Å²) in [6.45, 7) is 6.62. The van der Waals surface area contributed by atoms with Gasteiger partial charge in [-0.25, -0.2) is 0 Å². The van der Waals surface area contributed by atoms with E-state index in [1.165, 1.54) is 6.42 Å². The number of carbonyl (C=O) groups is 2. The number of hydrogen-bond donors (Lipinski definition) is 1. The minimum Gasteiger partial charge on any atom is -0.481 e. The molecule has 0 aromatic heterocycles. The molecule has 0 unspecified atom stereocenters. The first-order valence-electron chi connectivity index (χ1n) is 11.0. The fourth-order valence-corrected chi connectivity index (χ4v) is 8.14. The lowest BCUT2D eigenvalue weighted by molar-refractivity contribution is -0.163. The van der Waals surface area contributed by atoms with Gasteiger partial charge in [0.1, 0.15) is 5.78 Å². The van der Waals surface area contributed by atoms with Crippen LogP contribution in [0.4, 0.5) is 0 Å². The number of rotatable bonds is 3. The van der Waals surface area contributed by atoms with Gasteiger partial charge in [0.2, 0.25) is 0 Å². The van der Waals surface area contributed by atoms with Crippen molar-refractivity contribution in [1.82, 2.24) is 0 Å². The molecular weight excluding hydrogens is 340 g/mol. The lowest BCUT2D eigenvalue weighted by atomic mass is 9.44. The fourth-order valence-electron chi connectivity index (χ4n) is 8.14. The molecule has 4 rings (SSSR count). The summed E-state index contributed by atoms with van der Waals surface area (Å²) < 4.78 is 5.64. The van der Waals surface area contributed by atoms with Gasteiger partial charge in [-0.15, -0.1) is 0 Å². The lowest BCUT2D eigenvalue weighted by Crippen LogP contribution is -2.57. The van der Waals surface area contributed by atoms with Crippen molar-refractivity contribution in [1.29, 1.82) is 0 Å². The van der Waals surface area contributed by atoms with E-state index in [0.29, 0.717) is 36.1 Å². The average molecular weight is 377 g/mol. The molecule has 0 aromatic carbocycles. The predicted octanol–water partition coefficient (Wildman–Crippen LogP) is 4.56. The van der Waals surface area contributed by atoms with Gasteiger partial charge < -0.3 is 9.84 Å². The van der Waals surface area contributed by atoms with Crippen molar-refractivity contribution < 1.29 is 19.4 Å². The van der Waals surface area contributed by atoms with Crippen molar-refractivity contribution in [2.75, 3.05) is 7.11 Å². The maximum Gasteiger partial charge on any atom is 0.306 e. The molecule has 0 bridgehead atoms. The van der Waals surface area contributed by atoms with Crippen molar-refractivity contribution in [2.45, 2.75) is 78.2 Å². The number of carboxylic acids is 1. The van der Waals surface area contributed by atoms with Crippen LogP contribution in [0.3, 0.4) is 0 Å². The summed E-state index contributed by atoms with van der Waals surface area (Å²) in [5, 5.41) is 9.60. The number of fused-ring (bicyclic) bond motifs is 5. The van der Waals surface area contributed by atoms with E-state index in [9.17, 15) is 14.7 Å². The van der Waals surface area contributed by atoms with Gasteiger partial charge in [0.15, 0.2) is 0 Å². The maximum absolute atomic E-state index is 13.4. The number of methoxy groups -OCH3 is 1. The molecule has 4 saturated carbocycles. The van der Waals surface area contributed by atoms with Crippen molar-refractivity contribution in [3.63, 3.8) is 0 Å². The minimum absolute atomic E-state index is 0.0154.